The van der Waals surface area contributed by atoms with Crippen molar-refractivity contribution >= 4 is 27.4 Å². The van der Waals surface area contributed by atoms with Gasteiger partial charge in [0.25, 0.3) is 0 Å². The minimum atomic E-state index is 0.896. The second kappa shape index (κ2) is 14.5. The van der Waals surface area contributed by atoms with Gasteiger partial charge in [-0.3, -0.25) is 0 Å². The molecular weight excluding hydrogens is 679 g/mol. The van der Waals surface area contributed by atoms with Crippen LogP contribution in [0.5, 0.6) is 0 Å². The number of nitrogens with zero attached hydrogens (tertiary/aromatic N) is 3. The van der Waals surface area contributed by atoms with Crippen molar-refractivity contribution in [1.82, 2.24) is 15.0 Å². The number of rotatable bonds is 7. The number of hydrogen-bond acceptors (Lipinski definition) is 3. The molecule has 10 rings (SSSR count). The first kappa shape index (κ1) is 33.3. The third-order valence-corrected chi connectivity index (χ3v) is 10.7. The van der Waals surface area contributed by atoms with Crippen LogP contribution in [0.1, 0.15) is 18.4 Å². The van der Waals surface area contributed by atoms with E-state index in [0.717, 1.165) is 102 Å². The van der Waals surface area contributed by atoms with E-state index in [1.165, 1.54) is 11.1 Å². The van der Waals surface area contributed by atoms with Gasteiger partial charge in [-0.1, -0.05) is 164 Å². The van der Waals surface area contributed by atoms with Gasteiger partial charge in [-0.05, 0) is 82.6 Å². The summed E-state index contributed by atoms with van der Waals surface area (Å²) in [5.74, 6) is 0. The summed E-state index contributed by atoms with van der Waals surface area (Å²) in [4.78, 5) is 15.9. The average Bonchev–Trinajstić information content (AvgIpc) is 3.29. The Bertz CT molecular complexity index is 2950. The highest BCUT2D eigenvalue weighted by molar-refractivity contribution is 6.09. The lowest BCUT2D eigenvalue weighted by Crippen LogP contribution is -1.95. The van der Waals surface area contributed by atoms with E-state index in [1.54, 1.807) is 0 Å². The second-order valence-electron chi connectivity index (χ2n) is 14.3. The molecule has 0 bridgehead atoms. The fourth-order valence-corrected chi connectivity index (χ4v) is 7.83. The average molecular weight is 716 g/mol. The summed E-state index contributed by atoms with van der Waals surface area (Å²) < 4.78 is 0. The lowest BCUT2D eigenvalue weighted by atomic mass is 9.93. The van der Waals surface area contributed by atoms with E-state index in [4.69, 9.17) is 15.0 Å². The first-order valence-electron chi connectivity index (χ1n) is 19.2. The van der Waals surface area contributed by atoms with E-state index >= 15 is 0 Å². The van der Waals surface area contributed by atoms with E-state index < -0.39 is 0 Å². The van der Waals surface area contributed by atoms with E-state index in [-0.39, 0.29) is 0 Å². The van der Waals surface area contributed by atoms with Gasteiger partial charge in [-0.2, -0.15) is 0 Å². The van der Waals surface area contributed by atoms with Gasteiger partial charge < -0.3 is 0 Å². The van der Waals surface area contributed by atoms with Gasteiger partial charge in [-0.25, -0.2) is 15.0 Å². The Labute approximate surface area is 327 Å². The van der Waals surface area contributed by atoms with E-state index in [9.17, 15) is 0 Å². The van der Waals surface area contributed by atoms with Crippen LogP contribution in [0.2, 0.25) is 0 Å². The zero-order chi connectivity index (χ0) is 37.3. The molecule has 0 amide bonds. The number of pyridine rings is 3. The molecule has 0 saturated heterocycles. The third-order valence-electron chi connectivity index (χ3n) is 10.7. The molecule has 0 radical (unpaired) electrons. The van der Waals surface area contributed by atoms with Crippen molar-refractivity contribution in [2.75, 3.05) is 0 Å². The molecule has 3 aromatic heterocycles. The molecule has 9 aromatic rings. The minimum Gasteiger partial charge on any atom is -0.248 e. The largest absolute Gasteiger partial charge is 0.248 e. The highest BCUT2D eigenvalue weighted by Gasteiger charge is 2.16. The SMILES string of the molecule is C1=CCCC(c2cc(-c3ccccc3)nc(-c3cccc(-c4cccc(-c5cc(-c6ccccc6)c6ccc7ccc(-c8ccccc8)nc7c6n5)c4)c3)c2)=C1. The van der Waals surface area contributed by atoms with Gasteiger partial charge in [0.15, 0.2) is 0 Å². The molecule has 0 aliphatic heterocycles. The molecule has 0 fully saturated rings. The molecule has 1 aliphatic carbocycles. The standard InChI is InChI=1S/C53H37N3/c1-5-15-36(16-6-1)45-33-49(39-21-11-4-12-22-39)54-50(34-45)43-25-13-23-41(31-43)42-24-14-26-44(32-42)51-35-47(37-17-7-2-8-18-37)46-29-27-40-28-30-48(38-19-9-3-10-20-38)55-52(40)53(46)56-51/h1-5,7-15,17-35H,6,16H2. The molecule has 264 valence electrons. The quantitative estimate of drug-likeness (QED) is 0.154. The number of benzene rings is 6. The highest BCUT2D eigenvalue weighted by atomic mass is 14.8. The topological polar surface area (TPSA) is 38.7 Å². The van der Waals surface area contributed by atoms with Crippen molar-refractivity contribution in [2.45, 2.75) is 12.8 Å². The Morgan fingerprint density at radius 2 is 0.893 bits per heavy atom. The van der Waals surface area contributed by atoms with Crippen LogP contribution < -0.4 is 0 Å². The van der Waals surface area contributed by atoms with E-state index in [0.29, 0.717) is 0 Å². The molecule has 0 saturated carbocycles. The summed E-state index contributed by atoms with van der Waals surface area (Å²) in [6.07, 6.45) is 8.72. The van der Waals surface area contributed by atoms with Crippen LogP contribution in [0.4, 0.5) is 0 Å². The molecule has 6 aromatic carbocycles. The summed E-state index contributed by atoms with van der Waals surface area (Å²) >= 11 is 0. The molecular formula is C53H37N3. The van der Waals surface area contributed by atoms with E-state index in [2.05, 4.69) is 194 Å². The van der Waals surface area contributed by atoms with Crippen LogP contribution in [-0.2, 0) is 0 Å². The molecule has 3 heterocycles. The maximum absolute atomic E-state index is 5.40. The van der Waals surface area contributed by atoms with Gasteiger partial charge in [-0.15, -0.1) is 0 Å². The molecule has 0 atom stereocenters. The number of allylic oxidation sites excluding steroid dienone is 4. The summed E-state index contributed by atoms with van der Waals surface area (Å²) in [6.45, 7) is 0. The van der Waals surface area contributed by atoms with Crippen molar-refractivity contribution in [3.8, 4) is 67.3 Å². The zero-order valence-electron chi connectivity index (χ0n) is 30.8. The van der Waals surface area contributed by atoms with Crippen molar-refractivity contribution < 1.29 is 0 Å². The molecule has 0 N–H and O–H groups in total. The smallest absolute Gasteiger partial charge is 0.0978 e. The zero-order valence-corrected chi connectivity index (χ0v) is 30.8. The molecule has 3 nitrogen and oxygen atoms in total. The Hall–Kier alpha value is -7.23. The summed E-state index contributed by atoms with van der Waals surface area (Å²) in [7, 11) is 0. The van der Waals surface area contributed by atoms with Crippen molar-refractivity contribution in [1.29, 1.82) is 0 Å². The van der Waals surface area contributed by atoms with Crippen molar-refractivity contribution in [3.63, 3.8) is 0 Å². The highest BCUT2D eigenvalue weighted by Crippen LogP contribution is 2.38. The van der Waals surface area contributed by atoms with Gasteiger partial charge in [0.2, 0.25) is 0 Å². The molecule has 3 heteroatoms. The van der Waals surface area contributed by atoms with Crippen molar-refractivity contribution in [2.24, 2.45) is 0 Å². The fraction of sp³-hybridized carbons (Fsp3) is 0.0377. The maximum atomic E-state index is 5.40. The van der Waals surface area contributed by atoms with Crippen LogP contribution in [0.3, 0.4) is 0 Å². The summed E-state index contributed by atoms with van der Waals surface area (Å²) in [5, 5.41) is 2.15. The summed E-state index contributed by atoms with van der Waals surface area (Å²) in [6, 6.07) is 64.3. The lowest BCUT2D eigenvalue weighted by Gasteiger charge is -2.15. The normalized spacial score (nSPS) is 12.5. The van der Waals surface area contributed by atoms with Crippen molar-refractivity contribution in [3.05, 3.63) is 206 Å². The first-order chi connectivity index (χ1) is 27.7. The van der Waals surface area contributed by atoms with Crippen LogP contribution in [-0.4, -0.2) is 15.0 Å². The third kappa shape index (κ3) is 6.50. The van der Waals surface area contributed by atoms with Gasteiger partial charge in [0.1, 0.15) is 0 Å². The maximum Gasteiger partial charge on any atom is 0.0978 e. The number of hydrogen-bond donors (Lipinski definition) is 0. The van der Waals surface area contributed by atoms with Crippen LogP contribution in [0, 0.1) is 0 Å². The number of aromatic nitrogens is 3. The molecule has 56 heavy (non-hydrogen) atoms. The fourth-order valence-electron chi connectivity index (χ4n) is 7.83. The van der Waals surface area contributed by atoms with Crippen LogP contribution >= 0.6 is 0 Å². The van der Waals surface area contributed by atoms with Crippen LogP contribution in [0.15, 0.2) is 200 Å². The predicted molar refractivity (Wildman–Crippen MR) is 234 cm³/mol. The summed E-state index contributed by atoms with van der Waals surface area (Å²) in [5.41, 5.74) is 17.0. The Morgan fingerprint density at radius 3 is 1.54 bits per heavy atom. The molecule has 0 spiro atoms. The Morgan fingerprint density at radius 1 is 0.357 bits per heavy atom. The van der Waals surface area contributed by atoms with Gasteiger partial charge in [0.05, 0.1) is 33.8 Å². The second-order valence-corrected chi connectivity index (χ2v) is 14.3. The Balaban J connectivity index is 1.09. The lowest BCUT2D eigenvalue weighted by molar-refractivity contribution is 1.05. The Kier molecular flexibility index (Phi) is 8.66. The predicted octanol–water partition coefficient (Wildman–Crippen LogP) is 13.9. The van der Waals surface area contributed by atoms with Gasteiger partial charge >= 0.3 is 0 Å². The molecule has 1 aliphatic rings. The minimum absolute atomic E-state index is 0.896. The first-order valence-corrected chi connectivity index (χ1v) is 19.2. The van der Waals surface area contributed by atoms with E-state index in [1.807, 2.05) is 6.07 Å². The molecule has 0 unspecified atom stereocenters. The monoisotopic (exact) mass is 715 g/mol. The van der Waals surface area contributed by atoms with Gasteiger partial charge in [0, 0.05) is 33.0 Å². The number of fused-ring (bicyclic) bond motifs is 3. The van der Waals surface area contributed by atoms with Crippen LogP contribution in [0.25, 0.3) is 94.7 Å².